The van der Waals surface area contributed by atoms with Crippen LogP contribution in [0, 0.1) is 5.92 Å². The van der Waals surface area contributed by atoms with Gasteiger partial charge < -0.3 is 9.47 Å². The third-order valence-electron chi connectivity index (χ3n) is 3.44. The van der Waals surface area contributed by atoms with Gasteiger partial charge in [0.05, 0.1) is 18.7 Å². The van der Waals surface area contributed by atoms with Crippen LogP contribution in [0.5, 0.6) is 5.75 Å². The Morgan fingerprint density at radius 3 is 2.95 bits per heavy atom. The van der Waals surface area contributed by atoms with Crippen molar-refractivity contribution in [1.29, 1.82) is 0 Å². The lowest BCUT2D eigenvalue weighted by Crippen LogP contribution is -2.27. The molecule has 1 atom stereocenters. The Morgan fingerprint density at radius 1 is 1.40 bits per heavy atom. The highest BCUT2D eigenvalue weighted by molar-refractivity contribution is 5.98. The van der Waals surface area contributed by atoms with Crippen LogP contribution in [-0.4, -0.2) is 23.0 Å². The third kappa shape index (κ3) is 2.33. The van der Waals surface area contributed by atoms with Crippen LogP contribution in [0.2, 0.25) is 0 Å². The van der Waals surface area contributed by atoms with E-state index < -0.39 is 0 Å². The van der Waals surface area contributed by atoms with Gasteiger partial charge in [0.1, 0.15) is 22.8 Å². The van der Waals surface area contributed by atoms with Crippen molar-refractivity contribution in [3.63, 3.8) is 0 Å². The van der Waals surface area contributed by atoms with Gasteiger partial charge in [0, 0.05) is 11.6 Å². The Morgan fingerprint density at radius 2 is 2.20 bits per heavy atom. The lowest BCUT2D eigenvalue weighted by molar-refractivity contribution is -0.119. The summed E-state index contributed by atoms with van der Waals surface area (Å²) in [6, 6.07) is 1.89. The fourth-order valence-corrected chi connectivity index (χ4v) is 2.17. The molecular formula is C16H17NO3. The molecule has 20 heavy (non-hydrogen) atoms. The van der Waals surface area contributed by atoms with E-state index in [-0.39, 0.29) is 17.3 Å². The Bertz CT molecular complexity index is 629. The van der Waals surface area contributed by atoms with E-state index in [1.807, 2.05) is 39.0 Å². The molecule has 0 aromatic carbocycles. The molecular weight excluding hydrogens is 254 g/mol. The summed E-state index contributed by atoms with van der Waals surface area (Å²) < 4.78 is 11.4. The van der Waals surface area contributed by atoms with E-state index in [1.54, 1.807) is 6.20 Å². The Hall–Kier alpha value is -2.10. The molecule has 3 rings (SSSR count). The summed E-state index contributed by atoms with van der Waals surface area (Å²) in [5, 5.41) is 0. The van der Waals surface area contributed by atoms with Crippen LogP contribution in [0.1, 0.15) is 32.0 Å². The van der Waals surface area contributed by atoms with Crippen molar-refractivity contribution in [2.75, 3.05) is 6.61 Å². The van der Waals surface area contributed by atoms with Gasteiger partial charge in [-0.2, -0.15) is 0 Å². The summed E-state index contributed by atoms with van der Waals surface area (Å²) in [5.41, 5.74) is 1.30. The summed E-state index contributed by atoms with van der Waals surface area (Å²) in [6.07, 6.45) is 7.23. The number of aromatic nitrogens is 1. The molecule has 104 valence electrons. The zero-order valence-corrected chi connectivity index (χ0v) is 11.8. The van der Waals surface area contributed by atoms with Crippen molar-refractivity contribution < 1.29 is 14.3 Å². The van der Waals surface area contributed by atoms with Crippen molar-refractivity contribution in [2.45, 2.75) is 26.4 Å². The maximum absolute atomic E-state index is 11.7. The molecule has 0 spiro atoms. The van der Waals surface area contributed by atoms with Crippen LogP contribution in [-0.2, 0) is 9.53 Å². The molecule has 0 fully saturated rings. The molecule has 1 aromatic heterocycles. The largest absolute Gasteiger partial charge is 0.490 e. The van der Waals surface area contributed by atoms with E-state index in [0.717, 1.165) is 11.3 Å². The van der Waals surface area contributed by atoms with Crippen molar-refractivity contribution in [3.8, 4) is 5.75 Å². The van der Waals surface area contributed by atoms with Gasteiger partial charge in [-0.1, -0.05) is 13.0 Å². The predicted octanol–water partition coefficient (Wildman–Crippen LogP) is 2.84. The topological polar surface area (TPSA) is 48.4 Å². The molecule has 2 aliphatic rings. The molecule has 0 bridgehead atoms. The number of carbonyl (C=O) groups is 1. The number of pyridine rings is 1. The second-order valence-electron chi connectivity index (χ2n) is 5.77. The molecule has 4 heteroatoms. The quantitative estimate of drug-likeness (QED) is 0.788. The predicted molar refractivity (Wildman–Crippen MR) is 76.1 cm³/mol. The average molecular weight is 271 g/mol. The first-order valence-corrected chi connectivity index (χ1v) is 6.72. The van der Waals surface area contributed by atoms with Crippen LogP contribution in [0.4, 0.5) is 0 Å². The van der Waals surface area contributed by atoms with Gasteiger partial charge in [-0.05, 0) is 26.0 Å². The number of rotatable bonds is 1. The molecule has 4 nitrogen and oxygen atoms in total. The molecule has 0 radical (unpaired) electrons. The van der Waals surface area contributed by atoms with Crippen LogP contribution in [0.15, 0.2) is 24.4 Å². The van der Waals surface area contributed by atoms with E-state index in [1.165, 1.54) is 6.08 Å². The maximum Gasteiger partial charge on any atom is 0.165 e. The molecule has 3 heterocycles. The summed E-state index contributed by atoms with van der Waals surface area (Å²) in [4.78, 5) is 16.1. The van der Waals surface area contributed by atoms with Gasteiger partial charge in [-0.25, -0.2) is 4.98 Å². The Labute approximate surface area is 118 Å². The molecule has 0 unspecified atom stereocenters. The van der Waals surface area contributed by atoms with Crippen LogP contribution in [0.3, 0.4) is 0 Å². The molecule has 0 saturated heterocycles. The molecule has 0 N–H and O–H groups in total. The molecule has 0 saturated carbocycles. The van der Waals surface area contributed by atoms with Crippen molar-refractivity contribution in [1.82, 2.24) is 4.98 Å². The molecule has 0 amide bonds. The SMILES string of the molecule is C[C@@H]1COC(c2cc3c(cn2)OC(C)(C)C=C3)=CC1=O. The van der Waals surface area contributed by atoms with Gasteiger partial charge in [0.15, 0.2) is 5.78 Å². The van der Waals surface area contributed by atoms with Crippen LogP contribution >= 0.6 is 0 Å². The minimum Gasteiger partial charge on any atom is -0.490 e. The number of hydrogen-bond acceptors (Lipinski definition) is 4. The third-order valence-corrected chi connectivity index (χ3v) is 3.44. The van der Waals surface area contributed by atoms with Gasteiger partial charge in [0.25, 0.3) is 0 Å². The summed E-state index contributed by atoms with van der Waals surface area (Å²) in [5.74, 6) is 1.28. The van der Waals surface area contributed by atoms with E-state index in [9.17, 15) is 4.79 Å². The van der Waals surface area contributed by atoms with E-state index in [0.29, 0.717) is 18.1 Å². The van der Waals surface area contributed by atoms with E-state index in [2.05, 4.69) is 4.98 Å². The van der Waals surface area contributed by atoms with Gasteiger partial charge in [-0.3, -0.25) is 4.79 Å². The van der Waals surface area contributed by atoms with Crippen molar-refractivity contribution >= 4 is 17.6 Å². The standard InChI is InChI=1S/C16H17NO3/c1-10-9-19-14(7-13(10)18)12-6-11-4-5-16(2,3)20-15(11)8-17-12/h4-8,10H,9H2,1-3H3/t10-/m1/s1. The Balaban J connectivity index is 1.95. The smallest absolute Gasteiger partial charge is 0.165 e. The number of ketones is 1. The highest BCUT2D eigenvalue weighted by Gasteiger charge is 2.24. The number of nitrogens with zero attached hydrogens (tertiary/aromatic N) is 1. The zero-order valence-electron chi connectivity index (χ0n) is 11.8. The van der Waals surface area contributed by atoms with Gasteiger partial charge in [-0.15, -0.1) is 0 Å². The molecule has 1 aromatic rings. The number of hydrogen-bond donors (Lipinski definition) is 0. The highest BCUT2D eigenvalue weighted by Crippen LogP contribution is 2.32. The number of fused-ring (bicyclic) bond motifs is 1. The molecule has 0 aliphatic carbocycles. The second-order valence-corrected chi connectivity index (χ2v) is 5.77. The first-order valence-electron chi connectivity index (χ1n) is 6.72. The normalized spacial score (nSPS) is 23.4. The average Bonchev–Trinajstić information content (AvgIpc) is 2.40. The van der Waals surface area contributed by atoms with E-state index >= 15 is 0 Å². The fraction of sp³-hybridized carbons (Fsp3) is 0.375. The van der Waals surface area contributed by atoms with Crippen LogP contribution in [0.25, 0.3) is 11.8 Å². The summed E-state index contributed by atoms with van der Waals surface area (Å²) in [7, 11) is 0. The van der Waals surface area contributed by atoms with Gasteiger partial charge in [0.2, 0.25) is 0 Å². The maximum atomic E-state index is 11.7. The number of carbonyl (C=O) groups excluding carboxylic acids is 1. The lowest BCUT2D eigenvalue weighted by Gasteiger charge is -2.28. The number of ether oxygens (including phenoxy) is 2. The van der Waals surface area contributed by atoms with E-state index in [4.69, 9.17) is 9.47 Å². The summed E-state index contributed by atoms with van der Waals surface area (Å²) in [6.45, 7) is 6.25. The monoisotopic (exact) mass is 271 g/mol. The minimum absolute atomic E-state index is 0.0821. The Kier molecular flexibility index (Phi) is 2.89. The first-order chi connectivity index (χ1) is 9.44. The zero-order chi connectivity index (χ0) is 14.3. The fourth-order valence-electron chi connectivity index (χ4n) is 2.17. The van der Waals surface area contributed by atoms with Crippen molar-refractivity contribution in [3.05, 3.63) is 35.7 Å². The second kappa shape index (κ2) is 4.47. The number of allylic oxidation sites excluding steroid dienone is 1. The summed E-state index contributed by atoms with van der Waals surface area (Å²) >= 11 is 0. The minimum atomic E-state index is -0.317. The molecule has 2 aliphatic heterocycles. The van der Waals surface area contributed by atoms with Crippen LogP contribution < -0.4 is 4.74 Å². The van der Waals surface area contributed by atoms with Crippen molar-refractivity contribution in [2.24, 2.45) is 5.92 Å². The first kappa shape index (κ1) is 12.9. The highest BCUT2D eigenvalue weighted by atomic mass is 16.5. The van der Waals surface area contributed by atoms with Gasteiger partial charge >= 0.3 is 0 Å². The lowest BCUT2D eigenvalue weighted by atomic mass is 10.0.